The number of anilines is 1. The van der Waals surface area contributed by atoms with Crippen LogP contribution in [0.1, 0.15) is 0 Å². The first-order chi connectivity index (χ1) is 9.62. The van der Waals surface area contributed by atoms with Gasteiger partial charge in [-0.05, 0) is 30.5 Å². The number of thioether (sulfide) groups is 1. The monoisotopic (exact) mass is 290 g/mol. The first-order valence-corrected chi connectivity index (χ1v) is 7.14. The van der Waals surface area contributed by atoms with Crippen LogP contribution < -0.4 is 10.1 Å². The quantitative estimate of drug-likeness (QED) is 0.509. The highest BCUT2D eigenvalue weighted by Crippen LogP contribution is 2.30. The topological polar surface area (TPSA) is 64.4 Å². The molecule has 0 fully saturated rings. The van der Waals surface area contributed by atoms with Crippen molar-refractivity contribution in [3.05, 3.63) is 52.6 Å². The molecule has 1 N–H and O–H groups in total. The van der Waals surface area contributed by atoms with E-state index in [1.165, 1.54) is 12.1 Å². The number of hydrogen-bond donors (Lipinski definition) is 1. The van der Waals surface area contributed by atoms with Crippen LogP contribution in [0.3, 0.4) is 0 Å². The fourth-order valence-electron chi connectivity index (χ4n) is 1.67. The molecule has 2 aromatic carbocycles. The highest BCUT2D eigenvalue weighted by molar-refractivity contribution is 7.98. The molecule has 0 aliphatic rings. The minimum absolute atomic E-state index is 0.00687. The van der Waals surface area contributed by atoms with Crippen molar-refractivity contribution in [2.45, 2.75) is 4.90 Å². The van der Waals surface area contributed by atoms with E-state index < -0.39 is 4.92 Å². The third kappa shape index (κ3) is 3.42. The van der Waals surface area contributed by atoms with E-state index in [0.29, 0.717) is 17.2 Å². The van der Waals surface area contributed by atoms with Gasteiger partial charge in [0.1, 0.15) is 11.5 Å². The molecule has 0 saturated heterocycles. The Morgan fingerprint density at radius 1 is 1.15 bits per heavy atom. The summed E-state index contributed by atoms with van der Waals surface area (Å²) in [6.07, 6.45) is 2.00. The van der Waals surface area contributed by atoms with Crippen LogP contribution in [0.5, 0.6) is 11.5 Å². The van der Waals surface area contributed by atoms with Crippen LogP contribution in [0.15, 0.2) is 47.4 Å². The van der Waals surface area contributed by atoms with Gasteiger partial charge in [-0.25, -0.2) is 0 Å². The number of nitrogens with one attached hydrogen (secondary N) is 1. The fourth-order valence-corrected chi connectivity index (χ4v) is 2.08. The fraction of sp³-hybridized carbons (Fsp3) is 0.143. The molecule has 6 heteroatoms. The number of hydrogen-bond acceptors (Lipinski definition) is 5. The van der Waals surface area contributed by atoms with E-state index in [1.54, 1.807) is 24.9 Å². The van der Waals surface area contributed by atoms with Crippen molar-refractivity contribution in [3.8, 4) is 11.5 Å². The lowest BCUT2D eigenvalue weighted by atomic mass is 10.2. The minimum Gasteiger partial charge on any atom is -0.457 e. The lowest BCUT2D eigenvalue weighted by molar-refractivity contribution is -0.384. The summed E-state index contributed by atoms with van der Waals surface area (Å²) in [5.41, 5.74) is 0.627. The Morgan fingerprint density at radius 2 is 1.85 bits per heavy atom. The van der Waals surface area contributed by atoms with Gasteiger partial charge in [-0.15, -0.1) is 11.8 Å². The SMILES string of the molecule is CNc1cc(Oc2ccc(SC)cc2)cc([N+](=O)[O-])c1. The van der Waals surface area contributed by atoms with E-state index in [1.807, 2.05) is 30.5 Å². The molecule has 2 rings (SSSR count). The van der Waals surface area contributed by atoms with E-state index in [9.17, 15) is 10.1 Å². The van der Waals surface area contributed by atoms with Gasteiger partial charge in [0, 0.05) is 29.8 Å². The first-order valence-electron chi connectivity index (χ1n) is 5.91. The Balaban J connectivity index is 2.27. The van der Waals surface area contributed by atoms with E-state index in [4.69, 9.17) is 4.74 Å². The van der Waals surface area contributed by atoms with Crippen molar-refractivity contribution in [1.29, 1.82) is 0 Å². The number of nitrogens with zero attached hydrogens (tertiary/aromatic N) is 1. The summed E-state index contributed by atoms with van der Waals surface area (Å²) in [4.78, 5) is 11.6. The van der Waals surface area contributed by atoms with Crippen LogP contribution in [0.25, 0.3) is 0 Å². The van der Waals surface area contributed by atoms with Crippen molar-refractivity contribution >= 4 is 23.1 Å². The molecule has 0 aliphatic carbocycles. The molecule has 0 saturated carbocycles. The van der Waals surface area contributed by atoms with Gasteiger partial charge >= 0.3 is 0 Å². The second-order valence-corrected chi connectivity index (χ2v) is 4.88. The Hall–Kier alpha value is -2.21. The van der Waals surface area contributed by atoms with E-state index in [0.717, 1.165) is 4.90 Å². The van der Waals surface area contributed by atoms with E-state index in [2.05, 4.69) is 5.32 Å². The van der Waals surface area contributed by atoms with Crippen LogP contribution in [-0.2, 0) is 0 Å². The van der Waals surface area contributed by atoms with Gasteiger partial charge in [0.25, 0.3) is 5.69 Å². The molecular weight excluding hydrogens is 276 g/mol. The summed E-state index contributed by atoms with van der Waals surface area (Å²) in [7, 11) is 1.70. The summed E-state index contributed by atoms with van der Waals surface area (Å²) >= 11 is 1.64. The summed E-state index contributed by atoms with van der Waals surface area (Å²) < 4.78 is 5.66. The molecule has 0 unspecified atom stereocenters. The van der Waals surface area contributed by atoms with Crippen molar-refractivity contribution in [2.24, 2.45) is 0 Å². The Bertz CT molecular complexity index is 614. The largest absolute Gasteiger partial charge is 0.457 e. The highest BCUT2D eigenvalue weighted by atomic mass is 32.2. The summed E-state index contributed by atoms with van der Waals surface area (Å²) in [5, 5.41) is 13.8. The molecule has 2 aromatic rings. The van der Waals surface area contributed by atoms with Gasteiger partial charge in [-0.2, -0.15) is 0 Å². The highest BCUT2D eigenvalue weighted by Gasteiger charge is 2.10. The normalized spacial score (nSPS) is 10.1. The third-order valence-electron chi connectivity index (χ3n) is 2.69. The maximum Gasteiger partial charge on any atom is 0.275 e. The zero-order chi connectivity index (χ0) is 14.5. The average Bonchev–Trinajstić information content (AvgIpc) is 2.47. The van der Waals surface area contributed by atoms with Crippen molar-refractivity contribution in [3.63, 3.8) is 0 Å². The van der Waals surface area contributed by atoms with Gasteiger partial charge in [0.05, 0.1) is 11.0 Å². The standard InChI is InChI=1S/C14H14N2O3S/c1-15-10-7-11(16(17)18)9-13(8-10)19-12-3-5-14(20-2)6-4-12/h3-9,15H,1-2H3. The molecule has 0 spiro atoms. The summed E-state index contributed by atoms with van der Waals surface area (Å²) in [6, 6.07) is 12.1. The average molecular weight is 290 g/mol. The molecular formula is C14H14N2O3S. The minimum atomic E-state index is -0.440. The van der Waals surface area contributed by atoms with Crippen molar-refractivity contribution in [1.82, 2.24) is 0 Å². The van der Waals surface area contributed by atoms with Crippen LogP contribution in [-0.4, -0.2) is 18.2 Å². The van der Waals surface area contributed by atoms with Crippen LogP contribution in [0.2, 0.25) is 0 Å². The second kappa shape index (κ2) is 6.29. The van der Waals surface area contributed by atoms with Gasteiger partial charge in [0.15, 0.2) is 0 Å². The molecule has 0 atom stereocenters. The molecule has 0 aliphatic heterocycles. The Morgan fingerprint density at radius 3 is 2.40 bits per heavy atom. The lowest BCUT2D eigenvalue weighted by Gasteiger charge is -2.08. The van der Waals surface area contributed by atoms with Gasteiger partial charge in [-0.3, -0.25) is 10.1 Å². The maximum atomic E-state index is 10.9. The molecule has 104 valence electrons. The molecule has 0 heterocycles. The summed E-state index contributed by atoms with van der Waals surface area (Å²) in [6.45, 7) is 0. The van der Waals surface area contributed by atoms with Gasteiger partial charge in [-0.1, -0.05) is 0 Å². The Kier molecular flexibility index (Phi) is 4.47. The smallest absolute Gasteiger partial charge is 0.275 e. The molecule has 0 amide bonds. The number of ether oxygens (including phenoxy) is 1. The molecule has 0 radical (unpaired) electrons. The number of rotatable bonds is 5. The van der Waals surface area contributed by atoms with E-state index >= 15 is 0 Å². The molecule has 20 heavy (non-hydrogen) atoms. The van der Waals surface area contributed by atoms with Crippen LogP contribution in [0.4, 0.5) is 11.4 Å². The molecule has 0 aromatic heterocycles. The van der Waals surface area contributed by atoms with Crippen molar-refractivity contribution < 1.29 is 9.66 Å². The maximum absolute atomic E-state index is 10.9. The first kappa shape index (κ1) is 14.2. The number of nitro benzene ring substituents is 1. The number of non-ortho nitro benzene ring substituents is 1. The predicted molar refractivity (Wildman–Crippen MR) is 80.9 cm³/mol. The zero-order valence-electron chi connectivity index (χ0n) is 11.1. The zero-order valence-corrected chi connectivity index (χ0v) is 11.9. The third-order valence-corrected chi connectivity index (χ3v) is 3.43. The predicted octanol–water partition coefficient (Wildman–Crippen LogP) is 4.15. The van der Waals surface area contributed by atoms with Crippen molar-refractivity contribution in [2.75, 3.05) is 18.6 Å². The lowest BCUT2D eigenvalue weighted by Crippen LogP contribution is -1.94. The molecule has 0 bridgehead atoms. The number of benzene rings is 2. The summed E-state index contributed by atoms with van der Waals surface area (Å²) in [5.74, 6) is 1.07. The van der Waals surface area contributed by atoms with Crippen LogP contribution in [0, 0.1) is 10.1 Å². The van der Waals surface area contributed by atoms with Crippen LogP contribution >= 0.6 is 11.8 Å². The second-order valence-electron chi connectivity index (χ2n) is 4.00. The number of nitro groups is 1. The van der Waals surface area contributed by atoms with E-state index in [-0.39, 0.29) is 5.69 Å². The van der Waals surface area contributed by atoms with Gasteiger partial charge in [0.2, 0.25) is 0 Å². The molecule has 5 nitrogen and oxygen atoms in total. The van der Waals surface area contributed by atoms with Gasteiger partial charge < -0.3 is 10.1 Å². The Labute approximate surface area is 121 Å².